The number of halogens is 1. The van der Waals surface area contributed by atoms with Gasteiger partial charge >= 0.3 is 0 Å². The van der Waals surface area contributed by atoms with Crippen LogP contribution < -0.4 is 15.0 Å². The Morgan fingerprint density at radius 1 is 1.08 bits per heavy atom. The standard InChI is InChI=1S/C30H38BrN3O3/c1-30(2,28(35)27-9-4-16-32-27)37-26-8-3-7-25(18-26)33-17-5-6-22(20-33)29(36)34(24-14-15-24)19-21-10-12-23(31)13-11-21/h3,7-8,10-13,18,22,24,27,32H,4-6,9,14-17,19-20H2,1-2H3/t22-,27+/m1/s1. The highest BCUT2D eigenvalue weighted by Gasteiger charge is 2.38. The Hall–Kier alpha value is -2.38. The summed E-state index contributed by atoms with van der Waals surface area (Å²) in [6, 6.07) is 16.5. The minimum absolute atomic E-state index is 0.0131. The van der Waals surface area contributed by atoms with Crippen molar-refractivity contribution in [3.8, 4) is 5.75 Å². The smallest absolute Gasteiger partial charge is 0.228 e. The lowest BCUT2D eigenvalue weighted by atomic mass is 9.95. The Kier molecular flexibility index (Phi) is 7.91. The number of carbonyl (C=O) groups is 2. The number of hydrogen-bond donors (Lipinski definition) is 1. The molecule has 198 valence electrons. The van der Waals surface area contributed by atoms with Gasteiger partial charge in [0.15, 0.2) is 11.4 Å². The van der Waals surface area contributed by atoms with Gasteiger partial charge in [0, 0.05) is 41.9 Å². The average molecular weight is 569 g/mol. The third-order valence-electron chi connectivity index (χ3n) is 7.83. The molecule has 0 spiro atoms. The highest BCUT2D eigenvalue weighted by atomic mass is 79.9. The molecular formula is C30H38BrN3O3. The Morgan fingerprint density at radius 3 is 2.57 bits per heavy atom. The second-order valence-corrected chi connectivity index (χ2v) is 12.1. The molecule has 7 heteroatoms. The number of rotatable bonds is 9. The van der Waals surface area contributed by atoms with Crippen LogP contribution in [-0.2, 0) is 16.1 Å². The summed E-state index contributed by atoms with van der Waals surface area (Å²) in [6.45, 7) is 6.90. The third-order valence-corrected chi connectivity index (χ3v) is 8.36. The molecular weight excluding hydrogens is 530 g/mol. The van der Waals surface area contributed by atoms with Gasteiger partial charge in [0.05, 0.1) is 12.0 Å². The van der Waals surface area contributed by atoms with E-state index in [0.717, 1.165) is 61.8 Å². The first-order valence-electron chi connectivity index (χ1n) is 13.7. The lowest BCUT2D eigenvalue weighted by Crippen LogP contribution is -2.48. The van der Waals surface area contributed by atoms with E-state index in [9.17, 15) is 9.59 Å². The number of anilines is 1. The van der Waals surface area contributed by atoms with Crippen LogP contribution in [0.15, 0.2) is 53.0 Å². The van der Waals surface area contributed by atoms with E-state index in [1.165, 1.54) is 5.56 Å². The molecule has 6 nitrogen and oxygen atoms in total. The number of Topliss-reactive ketones (excluding diaryl/α,β-unsaturated/α-hetero) is 1. The van der Waals surface area contributed by atoms with Crippen molar-refractivity contribution in [2.45, 2.75) is 76.6 Å². The number of ketones is 1. The van der Waals surface area contributed by atoms with E-state index in [-0.39, 0.29) is 23.7 Å². The van der Waals surface area contributed by atoms with Crippen molar-refractivity contribution in [3.05, 3.63) is 58.6 Å². The molecule has 2 aromatic rings. The first-order valence-corrected chi connectivity index (χ1v) is 14.5. The molecule has 2 aromatic carbocycles. The molecule has 1 N–H and O–H groups in total. The molecule has 0 radical (unpaired) electrons. The maximum atomic E-state index is 13.7. The Balaban J connectivity index is 1.25. The van der Waals surface area contributed by atoms with Crippen molar-refractivity contribution in [1.82, 2.24) is 10.2 Å². The van der Waals surface area contributed by atoms with Gasteiger partial charge in [-0.2, -0.15) is 0 Å². The largest absolute Gasteiger partial charge is 0.480 e. The van der Waals surface area contributed by atoms with Crippen LogP contribution in [0.25, 0.3) is 0 Å². The lowest BCUT2D eigenvalue weighted by Gasteiger charge is -2.37. The zero-order chi connectivity index (χ0) is 26.0. The summed E-state index contributed by atoms with van der Waals surface area (Å²) in [4.78, 5) is 31.1. The summed E-state index contributed by atoms with van der Waals surface area (Å²) >= 11 is 3.50. The number of benzene rings is 2. The molecule has 2 heterocycles. The average Bonchev–Trinajstić information content (AvgIpc) is 3.60. The van der Waals surface area contributed by atoms with Crippen molar-refractivity contribution in [3.63, 3.8) is 0 Å². The van der Waals surface area contributed by atoms with Crippen molar-refractivity contribution in [1.29, 1.82) is 0 Å². The van der Waals surface area contributed by atoms with Gasteiger partial charge in [-0.1, -0.05) is 34.1 Å². The first-order chi connectivity index (χ1) is 17.8. The summed E-state index contributed by atoms with van der Waals surface area (Å²) in [6.07, 6.45) is 6.00. The van der Waals surface area contributed by atoms with Crippen molar-refractivity contribution in [2.75, 3.05) is 24.5 Å². The minimum Gasteiger partial charge on any atom is -0.480 e. The van der Waals surface area contributed by atoms with Crippen LogP contribution in [0.3, 0.4) is 0 Å². The van der Waals surface area contributed by atoms with Crippen LogP contribution >= 0.6 is 15.9 Å². The van der Waals surface area contributed by atoms with Gasteiger partial charge in [-0.3, -0.25) is 9.59 Å². The fourth-order valence-electron chi connectivity index (χ4n) is 5.62. The molecule has 37 heavy (non-hydrogen) atoms. The molecule has 1 saturated carbocycles. The lowest BCUT2D eigenvalue weighted by molar-refractivity contribution is -0.137. The van der Waals surface area contributed by atoms with Gasteiger partial charge in [0.2, 0.25) is 5.91 Å². The van der Waals surface area contributed by atoms with Crippen LogP contribution in [0.4, 0.5) is 5.69 Å². The quantitative estimate of drug-likeness (QED) is 0.443. The summed E-state index contributed by atoms with van der Waals surface area (Å²) in [5, 5.41) is 3.29. The number of piperidine rings is 1. The van der Waals surface area contributed by atoms with E-state index in [1.807, 2.05) is 44.2 Å². The molecule has 1 amide bonds. The van der Waals surface area contributed by atoms with Crippen molar-refractivity contribution >= 4 is 33.3 Å². The maximum Gasteiger partial charge on any atom is 0.228 e. The molecule has 2 atom stereocenters. The van der Waals surface area contributed by atoms with Crippen LogP contribution in [0.1, 0.15) is 57.9 Å². The van der Waals surface area contributed by atoms with Crippen LogP contribution in [0, 0.1) is 5.92 Å². The molecule has 3 aliphatic rings. The van der Waals surface area contributed by atoms with E-state index in [1.54, 1.807) is 0 Å². The normalized spacial score (nSPS) is 22.1. The van der Waals surface area contributed by atoms with Crippen molar-refractivity contribution in [2.24, 2.45) is 5.92 Å². The van der Waals surface area contributed by atoms with Gasteiger partial charge in [-0.05, 0) is 88.7 Å². The molecule has 5 rings (SSSR count). The number of carbonyl (C=O) groups excluding carboxylic acids is 2. The summed E-state index contributed by atoms with van der Waals surface area (Å²) < 4.78 is 7.29. The molecule has 0 aromatic heterocycles. The summed E-state index contributed by atoms with van der Waals surface area (Å²) in [5.74, 6) is 1.06. The zero-order valence-electron chi connectivity index (χ0n) is 21.9. The number of nitrogens with one attached hydrogen (secondary N) is 1. The highest BCUT2D eigenvalue weighted by molar-refractivity contribution is 9.10. The van der Waals surface area contributed by atoms with Gasteiger partial charge in [0.1, 0.15) is 5.75 Å². The van der Waals surface area contributed by atoms with Gasteiger partial charge < -0.3 is 19.9 Å². The molecule has 1 aliphatic carbocycles. The van der Waals surface area contributed by atoms with Crippen LogP contribution in [0.2, 0.25) is 0 Å². The second-order valence-electron chi connectivity index (χ2n) is 11.2. The molecule has 3 fully saturated rings. The molecule has 0 bridgehead atoms. The molecule has 0 unspecified atom stereocenters. The van der Waals surface area contributed by atoms with Gasteiger partial charge in [0.25, 0.3) is 0 Å². The Morgan fingerprint density at radius 2 is 1.86 bits per heavy atom. The molecule has 2 aliphatic heterocycles. The molecule has 2 saturated heterocycles. The van der Waals surface area contributed by atoms with Gasteiger partial charge in [-0.15, -0.1) is 0 Å². The predicted octanol–water partition coefficient (Wildman–Crippen LogP) is 5.34. The Bertz CT molecular complexity index is 1110. The number of nitrogens with zero attached hydrogens (tertiary/aromatic N) is 2. The Labute approximate surface area is 228 Å². The van der Waals surface area contributed by atoms with Crippen LogP contribution in [0.5, 0.6) is 5.75 Å². The minimum atomic E-state index is -0.904. The monoisotopic (exact) mass is 567 g/mol. The van der Waals surface area contributed by atoms with E-state index in [0.29, 0.717) is 24.9 Å². The number of ether oxygens (including phenoxy) is 1. The topological polar surface area (TPSA) is 61.9 Å². The predicted molar refractivity (Wildman–Crippen MR) is 150 cm³/mol. The zero-order valence-corrected chi connectivity index (χ0v) is 23.5. The number of amides is 1. The van der Waals surface area contributed by atoms with Crippen molar-refractivity contribution < 1.29 is 14.3 Å². The maximum absolute atomic E-state index is 13.7. The summed E-state index contributed by atoms with van der Waals surface area (Å²) in [5.41, 5.74) is 1.31. The van der Waals surface area contributed by atoms with E-state index < -0.39 is 5.60 Å². The van der Waals surface area contributed by atoms with E-state index in [4.69, 9.17) is 4.74 Å². The van der Waals surface area contributed by atoms with E-state index >= 15 is 0 Å². The van der Waals surface area contributed by atoms with Crippen LogP contribution in [-0.4, -0.2) is 53.9 Å². The third kappa shape index (κ3) is 6.37. The highest BCUT2D eigenvalue weighted by Crippen LogP contribution is 2.34. The SMILES string of the molecule is CC(C)(Oc1cccc(N2CCC[C@@H](C(=O)N(Cc3ccc(Br)cc3)C3CC3)C2)c1)C(=O)[C@@H]1CCCN1. The van der Waals surface area contributed by atoms with Gasteiger partial charge in [-0.25, -0.2) is 0 Å². The first kappa shape index (κ1) is 26.2. The van der Waals surface area contributed by atoms with E-state index in [2.05, 4.69) is 49.2 Å². The fourth-order valence-corrected chi connectivity index (χ4v) is 5.89. The fraction of sp³-hybridized carbons (Fsp3) is 0.533. The number of hydrogen-bond acceptors (Lipinski definition) is 5. The second kappa shape index (κ2) is 11.2. The summed E-state index contributed by atoms with van der Waals surface area (Å²) in [7, 11) is 0.